The van der Waals surface area contributed by atoms with E-state index in [9.17, 15) is 8.42 Å². The Bertz CT molecular complexity index is 778. The SMILES string of the molecule is Cn1cc(CN2CCC(NS(C)(=O)=O)CC2)c(-c2ccccc2)n1. The summed E-state index contributed by atoms with van der Waals surface area (Å²) in [6.45, 7) is 2.61. The summed E-state index contributed by atoms with van der Waals surface area (Å²) in [7, 11) is -1.18. The van der Waals surface area contributed by atoms with Gasteiger partial charge in [-0.05, 0) is 12.8 Å². The van der Waals surface area contributed by atoms with Crippen LogP contribution in [0.2, 0.25) is 0 Å². The zero-order valence-electron chi connectivity index (χ0n) is 14.1. The highest BCUT2D eigenvalue weighted by Gasteiger charge is 2.23. The van der Waals surface area contributed by atoms with E-state index in [4.69, 9.17) is 0 Å². The third-order valence-electron chi connectivity index (χ3n) is 4.31. The second-order valence-corrected chi connectivity index (χ2v) is 8.26. The van der Waals surface area contributed by atoms with Crippen LogP contribution in [0.3, 0.4) is 0 Å². The number of sulfonamides is 1. The molecular weight excluding hydrogens is 324 g/mol. The van der Waals surface area contributed by atoms with E-state index in [-0.39, 0.29) is 6.04 Å². The predicted octanol–water partition coefficient (Wildman–Crippen LogP) is 1.60. The van der Waals surface area contributed by atoms with Gasteiger partial charge in [0, 0.05) is 50.0 Å². The lowest BCUT2D eigenvalue weighted by Gasteiger charge is -2.31. The van der Waals surface area contributed by atoms with E-state index in [0.29, 0.717) is 0 Å². The number of nitrogens with zero attached hydrogens (tertiary/aromatic N) is 3. The normalized spacial score (nSPS) is 17.2. The fourth-order valence-electron chi connectivity index (χ4n) is 3.24. The molecule has 0 atom stereocenters. The molecular formula is C17H24N4O2S. The van der Waals surface area contributed by atoms with E-state index in [1.807, 2.05) is 29.9 Å². The minimum atomic E-state index is -3.12. The lowest BCUT2D eigenvalue weighted by molar-refractivity contribution is 0.200. The molecule has 1 aliphatic rings. The standard InChI is InChI=1S/C17H24N4O2S/c1-20-12-15(17(18-20)14-6-4-3-5-7-14)13-21-10-8-16(9-11-21)19-24(2,22)23/h3-7,12,16,19H,8-11,13H2,1-2H3. The van der Waals surface area contributed by atoms with Gasteiger partial charge in [-0.3, -0.25) is 9.58 Å². The van der Waals surface area contributed by atoms with Gasteiger partial charge in [0.1, 0.15) is 0 Å². The molecule has 0 aliphatic carbocycles. The molecule has 0 radical (unpaired) electrons. The molecule has 0 bridgehead atoms. The van der Waals surface area contributed by atoms with Crippen LogP contribution in [0.5, 0.6) is 0 Å². The highest BCUT2D eigenvalue weighted by molar-refractivity contribution is 7.88. The van der Waals surface area contributed by atoms with Crippen LogP contribution in [0.1, 0.15) is 18.4 Å². The van der Waals surface area contributed by atoms with Crippen molar-refractivity contribution in [2.24, 2.45) is 7.05 Å². The van der Waals surface area contributed by atoms with Gasteiger partial charge in [-0.25, -0.2) is 13.1 Å². The van der Waals surface area contributed by atoms with Crippen LogP contribution in [0.4, 0.5) is 0 Å². The quantitative estimate of drug-likeness (QED) is 0.891. The van der Waals surface area contributed by atoms with Gasteiger partial charge in [-0.1, -0.05) is 30.3 Å². The van der Waals surface area contributed by atoms with Crippen LogP contribution < -0.4 is 4.72 Å². The third kappa shape index (κ3) is 4.43. The molecule has 1 aliphatic heterocycles. The second-order valence-electron chi connectivity index (χ2n) is 6.48. The molecule has 24 heavy (non-hydrogen) atoms. The van der Waals surface area contributed by atoms with E-state index < -0.39 is 10.0 Å². The summed E-state index contributed by atoms with van der Waals surface area (Å²) in [6.07, 6.45) is 4.98. The third-order valence-corrected chi connectivity index (χ3v) is 5.08. The van der Waals surface area contributed by atoms with Crippen LogP contribution in [0.25, 0.3) is 11.3 Å². The Morgan fingerprint density at radius 3 is 2.50 bits per heavy atom. The average molecular weight is 348 g/mol. The Morgan fingerprint density at radius 2 is 1.88 bits per heavy atom. The van der Waals surface area contributed by atoms with Crippen LogP contribution in [0.15, 0.2) is 36.5 Å². The molecule has 130 valence electrons. The molecule has 0 spiro atoms. The smallest absolute Gasteiger partial charge is 0.208 e. The summed E-state index contributed by atoms with van der Waals surface area (Å²) in [5.41, 5.74) is 3.36. The molecule has 1 N–H and O–H groups in total. The van der Waals surface area contributed by atoms with Gasteiger partial charge in [0.05, 0.1) is 11.9 Å². The molecule has 0 unspecified atom stereocenters. The Labute approximate surface area is 143 Å². The first-order valence-corrected chi connectivity index (χ1v) is 10.1. The Hall–Kier alpha value is -1.70. The topological polar surface area (TPSA) is 67.2 Å². The highest BCUT2D eigenvalue weighted by atomic mass is 32.2. The number of aryl methyl sites for hydroxylation is 1. The Kier molecular flexibility index (Phi) is 5.03. The number of nitrogens with one attached hydrogen (secondary N) is 1. The molecule has 1 aromatic carbocycles. The fraction of sp³-hybridized carbons (Fsp3) is 0.471. The van der Waals surface area contributed by atoms with E-state index in [1.165, 1.54) is 11.8 Å². The first kappa shape index (κ1) is 17.1. The largest absolute Gasteiger partial charge is 0.299 e. The van der Waals surface area contributed by atoms with Crippen molar-refractivity contribution in [1.82, 2.24) is 19.4 Å². The maximum atomic E-state index is 11.3. The first-order valence-electron chi connectivity index (χ1n) is 8.18. The zero-order valence-corrected chi connectivity index (χ0v) is 15.0. The van der Waals surface area contributed by atoms with Gasteiger partial charge >= 0.3 is 0 Å². The summed E-state index contributed by atoms with van der Waals surface area (Å²) < 4.78 is 27.3. The van der Waals surface area contributed by atoms with Crippen LogP contribution >= 0.6 is 0 Å². The maximum Gasteiger partial charge on any atom is 0.208 e. The van der Waals surface area contributed by atoms with Crippen molar-refractivity contribution < 1.29 is 8.42 Å². The van der Waals surface area contributed by atoms with Crippen molar-refractivity contribution in [2.45, 2.75) is 25.4 Å². The zero-order chi connectivity index (χ0) is 17.2. The van der Waals surface area contributed by atoms with Crippen molar-refractivity contribution in [2.75, 3.05) is 19.3 Å². The highest BCUT2D eigenvalue weighted by Crippen LogP contribution is 2.24. The van der Waals surface area contributed by atoms with Gasteiger partial charge < -0.3 is 0 Å². The van der Waals surface area contributed by atoms with Crippen molar-refractivity contribution in [3.05, 3.63) is 42.1 Å². The molecule has 1 fully saturated rings. The summed E-state index contributed by atoms with van der Waals surface area (Å²) >= 11 is 0. The van der Waals surface area contributed by atoms with Crippen molar-refractivity contribution in [3.8, 4) is 11.3 Å². The first-order chi connectivity index (χ1) is 11.4. The molecule has 0 saturated carbocycles. The number of hydrogen-bond donors (Lipinski definition) is 1. The summed E-state index contributed by atoms with van der Waals surface area (Å²) in [5.74, 6) is 0. The Morgan fingerprint density at radius 1 is 1.21 bits per heavy atom. The lowest BCUT2D eigenvalue weighted by atomic mass is 10.0. The van der Waals surface area contributed by atoms with Gasteiger partial charge in [-0.15, -0.1) is 0 Å². The monoisotopic (exact) mass is 348 g/mol. The molecule has 3 rings (SSSR count). The van der Waals surface area contributed by atoms with E-state index in [2.05, 4.69) is 33.1 Å². The molecule has 7 heteroatoms. The number of rotatable bonds is 5. The fourth-order valence-corrected chi connectivity index (χ4v) is 4.09. The van der Waals surface area contributed by atoms with Crippen molar-refractivity contribution in [1.29, 1.82) is 0 Å². The number of likely N-dealkylation sites (tertiary alicyclic amines) is 1. The molecule has 1 aromatic heterocycles. The minimum absolute atomic E-state index is 0.0544. The lowest BCUT2D eigenvalue weighted by Crippen LogP contribution is -2.43. The van der Waals surface area contributed by atoms with E-state index >= 15 is 0 Å². The molecule has 1 saturated heterocycles. The second kappa shape index (κ2) is 7.04. The van der Waals surface area contributed by atoms with Gasteiger partial charge in [0.25, 0.3) is 0 Å². The van der Waals surface area contributed by atoms with Gasteiger partial charge in [0.2, 0.25) is 10.0 Å². The number of hydrogen-bond acceptors (Lipinski definition) is 4. The minimum Gasteiger partial charge on any atom is -0.299 e. The van der Waals surface area contributed by atoms with E-state index in [1.54, 1.807) is 0 Å². The Balaban J connectivity index is 1.66. The number of piperidine rings is 1. The molecule has 0 amide bonds. The summed E-state index contributed by atoms with van der Waals surface area (Å²) in [6, 6.07) is 10.3. The summed E-state index contributed by atoms with van der Waals surface area (Å²) in [4.78, 5) is 2.36. The van der Waals surface area contributed by atoms with Crippen LogP contribution in [-0.2, 0) is 23.6 Å². The average Bonchev–Trinajstić information content (AvgIpc) is 2.89. The maximum absolute atomic E-state index is 11.3. The van der Waals surface area contributed by atoms with Gasteiger partial charge in [-0.2, -0.15) is 5.10 Å². The predicted molar refractivity (Wildman–Crippen MR) is 94.9 cm³/mol. The molecule has 2 heterocycles. The summed E-state index contributed by atoms with van der Waals surface area (Å²) in [5, 5.41) is 4.61. The van der Waals surface area contributed by atoms with Crippen molar-refractivity contribution >= 4 is 10.0 Å². The molecule has 2 aromatic rings. The van der Waals surface area contributed by atoms with Crippen molar-refractivity contribution in [3.63, 3.8) is 0 Å². The van der Waals surface area contributed by atoms with Crippen LogP contribution in [-0.4, -0.2) is 48.5 Å². The van der Waals surface area contributed by atoms with E-state index in [0.717, 1.165) is 43.7 Å². The number of aromatic nitrogens is 2. The van der Waals surface area contributed by atoms with Crippen LogP contribution in [0, 0.1) is 0 Å². The van der Waals surface area contributed by atoms with Gasteiger partial charge in [0.15, 0.2) is 0 Å². The number of benzene rings is 1. The molecule has 6 nitrogen and oxygen atoms in total.